The van der Waals surface area contributed by atoms with Crippen molar-refractivity contribution in [3.05, 3.63) is 29.8 Å². The summed E-state index contributed by atoms with van der Waals surface area (Å²) in [6.45, 7) is 13.3. The Labute approximate surface area is 121 Å². The molecule has 1 aromatic carbocycles. The van der Waals surface area contributed by atoms with Crippen LogP contribution in [0.25, 0.3) is 0 Å². The van der Waals surface area contributed by atoms with Gasteiger partial charge in [-0.3, -0.25) is 0 Å². The monoisotopic (exact) mass is 279 g/mol. The molecule has 1 rings (SSSR count). The Morgan fingerprint density at radius 1 is 1.05 bits per heavy atom. The van der Waals surface area contributed by atoms with E-state index in [0.29, 0.717) is 37.1 Å². The third-order valence-electron chi connectivity index (χ3n) is 2.82. The first-order chi connectivity index (χ1) is 9.54. The molecular formula is C16H25NO3. The minimum absolute atomic E-state index is 0.246. The molecule has 4 heteroatoms. The molecule has 0 aromatic heterocycles. The molecule has 0 radical (unpaired) electrons. The predicted octanol–water partition coefficient (Wildman–Crippen LogP) is 3.46. The van der Waals surface area contributed by atoms with Gasteiger partial charge < -0.3 is 19.9 Å². The van der Waals surface area contributed by atoms with Crippen molar-refractivity contribution in [2.24, 2.45) is 5.73 Å². The first-order valence-corrected chi connectivity index (χ1v) is 7.02. The quantitative estimate of drug-likeness (QED) is 0.740. The molecule has 4 nitrogen and oxygen atoms in total. The number of nitrogens with two attached hydrogens (primary N) is 1. The van der Waals surface area contributed by atoms with Gasteiger partial charge in [-0.15, -0.1) is 0 Å². The van der Waals surface area contributed by atoms with Gasteiger partial charge in [-0.25, -0.2) is 0 Å². The number of ether oxygens (including phenoxy) is 3. The van der Waals surface area contributed by atoms with E-state index in [-0.39, 0.29) is 6.04 Å². The highest BCUT2D eigenvalue weighted by Crippen LogP contribution is 2.40. The molecule has 2 N–H and O–H groups in total. The minimum atomic E-state index is -0.246. The predicted molar refractivity (Wildman–Crippen MR) is 81.7 cm³/mol. The van der Waals surface area contributed by atoms with E-state index in [2.05, 4.69) is 6.58 Å². The lowest BCUT2D eigenvalue weighted by molar-refractivity contribution is 0.260. The van der Waals surface area contributed by atoms with E-state index in [9.17, 15) is 0 Å². The molecule has 0 aliphatic rings. The molecule has 1 aromatic rings. The molecule has 20 heavy (non-hydrogen) atoms. The third kappa shape index (κ3) is 3.90. The minimum Gasteiger partial charge on any atom is -0.490 e. The Hall–Kier alpha value is -1.68. The van der Waals surface area contributed by atoms with Crippen LogP contribution < -0.4 is 19.9 Å². The van der Waals surface area contributed by atoms with E-state index in [1.54, 1.807) is 0 Å². The highest BCUT2D eigenvalue weighted by Gasteiger charge is 2.18. The van der Waals surface area contributed by atoms with Crippen molar-refractivity contribution in [3.63, 3.8) is 0 Å². The zero-order valence-corrected chi connectivity index (χ0v) is 12.9. The van der Waals surface area contributed by atoms with Crippen LogP contribution in [0.4, 0.5) is 0 Å². The summed E-state index contributed by atoms with van der Waals surface area (Å²) in [5.74, 6) is 1.95. The fourth-order valence-corrected chi connectivity index (χ4v) is 1.87. The molecule has 0 spiro atoms. The van der Waals surface area contributed by atoms with Crippen LogP contribution in [0.2, 0.25) is 0 Å². The van der Waals surface area contributed by atoms with Crippen LogP contribution in [0.15, 0.2) is 24.3 Å². The van der Waals surface area contributed by atoms with Crippen molar-refractivity contribution in [2.45, 2.75) is 33.7 Å². The standard InChI is InChI=1S/C16H25NO3/c1-6-18-13-9-12(15(17)11(4)5)10-14(19-7-2)16(13)20-8-3/h9-10,15H,4,6-8,17H2,1-3,5H3. The van der Waals surface area contributed by atoms with Gasteiger partial charge in [-0.1, -0.05) is 12.2 Å². The van der Waals surface area contributed by atoms with Crippen molar-refractivity contribution in [1.82, 2.24) is 0 Å². The van der Waals surface area contributed by atoms with Crippen LogP contribution in [0.1, 0.15) is 39.3 Å². The van der Waals surface area contributed by atoms with Gasteiger partial charge in [-0.2, -0.15) is 0 Å². The van der Waals surface area contributed by atoms with Crippen molar-refractivity contribution < 1.29 is 14.2 Å². The van der Waals surface area contributed by atoms with Crippen molar-refractivity contribution in [2.75, 3.05) is 19.8 Å². The van der Waals surface area contributed by atoms with Gasteiger partial charge >= 0.3 is 0 Å². The van der Waals surface area contributed by atoms with Gasteiger partial charge in [0, 0.05) is 0 Å². The van der Waals surface area contributed by atoms with E-state index >= 15 is 0 Å². The van der Waals surface area contributed by atoms with Crippen LogP contribution in [-0.4, -0.2) is 19.8 Å². The second-order valence-corrected chi connectivity index (χ2v) is 4.47. The lowest BCUT2D eigenvalue weighted by Gasteiger charge is -2.19. The first-order valence-electron chi connectivity index (χ1n) is 7.02. The molecule has 0 aliphatic heterocycles. The summed E-state index contributed by atoms with van der Waals surface area (Å²) in [6, 6.07) is 3.55. The van der Waals surface area contributed by atoms with E-state index in [1.165, 1.54) is 0 Å². The summed E-state index contributed by atoms with van der Waals surface area (Å²) < 4.78 is 17.0. The molecule has 0 heterocycles. The average Bonchev–Trinajstić information content (AvgIpc) is 2.41. The topological polar surface area (TPSA) is 53.7 Å². The zero-order valence-electron chi connectivity index (χ0n) is 12.9. The van der Waals surface area contributed by atoms with Gasteiger partial charge in [0.25, 0.3) is 0 Å². The van der Waals surface area contributed by atoms with Crippen molar-refractivity contribution in [3.8, 4) is 17.2 Å². The Kier molecular flexibility index (Phi) is 6.39. The third-order valence-corrected chi connectivity index (χ3v) is 2.82. The fraction of sp³-hybridized carbons (Fsp3) is 0.500. The maximum absolute atomic E-state index is 6.14. The normalized spacial score (nSPS) is 11.8. The van der Waals surface area contributed by atoms with E-state index in [1.807, 2.05) is 39.8 Å². The summed E-state index contributed by atoms with van der Waals surface area (Å²) in [5, 5.41) is 0. The smallest absolute Gasteiger partial charge is 0.203 e. The molecule has 1 unspecified atom stereocenters. The second kappa shape index (κ2) is 7.80. The lowest BCUT2D eigenvalue weighted by Crippen LogP contribution is -2.12. The maximum Gasteiger partial charge on any atom is 0.203 e. The van der Waals surface area contributed by atoms with Crippen molar-refractivity contribution >= 4 is 0 Å². The average molecular weight is 279 g/mol. The molecule has 0 saturated heterocycles. The summed E-state index contributed by atoms with van der Waals surface area (Å²) in [6.07, 6.45) is 0. The molecule has 112 valence electrons. The van der Waals surface area contributed by atoms with Gasteiger partial charge in [0.1, 0.15) is 0 Å². The van der Waals surface area contributed by atoms with Crippen molar-refractivity contribution in [1.29, 1.82) is 0 Å². The Bertz CT molecular complexity index is 430. The number of rotatable bonds is 8. The van der Waals surface area contributed by atoms with Crippen LogP contribution in [0.3, 0.4) is 0 Å². The number of hydrogen-bond donors (Lipinski definition) is 1. The highest BCUT2D eigenvalue weighted by atomic mass is 16.5. The Balaban J connectivity index is 3.32. The Morgan fingerprint density at radius 2 is 1.50 bits per heavy atom. The van der Waals surface area contributed by atoms with E-state index in [0.717, 1.165) is 11.1 Å². The molecule has 0 aliphatic carbocycles. The maximum atomic E-state index is 6.14. The van der Waals surface area contributed by atoms with Gasteiger partial charge in [0.05, 0.1) is 25.9 Å². The van der Waals surface area contributed by atoms with Crippen LogP contribution in [0.5, 0.6) is 17.2 Å². The molecule has 1 atom stereocenters. The van der Waals surface area contributed by atoms with E-state index < -0.39 is 0 Å². The summed E-state index contributed by atoms with van der Waals surface area (Å²) in [7, 11) is 0. The largest absolute Gasteiger partial charge is 0.490 e. The van der Waals surface area contributed by atoms with Crippen LogP contribution in [0, 0.1) is 0 Å². The molecule has 0 bridgehead atoms. The number of hydrogen-bond acceptors (Lipinski definition) is 4. The highest BCUT2D eigenvalue weighted by molar-refractivity contribution is 5.55. The number of benzene rings is 1. The second-order valence-electron chi connectivity index (χ2n) is 4.47. The summed E-state index contributed by atoms with van der Waals surface area (Å²) in [4.78, 5) is 0. The zero-order chi connectivity index (χ0) is 15.1. The van der Waals surface area contributed by atoms with Gasteiger partial charge in [0.2, 0.25) is 5.75 Å². The lowest BCUT2D eigenvalue weighted by atomic mass is 10.0. The van der Waals surface area contributed by atoms with Crippen LogP contribution in [-0.2, 0) is 0 Å². The Morgan fingerprint density at radius 3 is 1.85 bits per heavy atom. The fourth-order valence-electron chi connectivity index (χ4n) is 1.87. The molecular weight excluding hydrogens is 254 g/mol. The summed E-state index contributed by atoms with van der Waals surface area (Å²) in [5.41, 5.74) is 7.94. The molecule has 0 amide bonds. The SMILES string of the molecule is C=C(C)C(N)c1cc(OCC)c(OCC)c(OCC)c1. The van der Waals surface area contributed by atoms with Gasteiger partial charge in [-0.05, 0) is 45.4 Å². The molecule has 0 saturated carbocycles. The van der Waals surface area contributed by atoms with Crippen LogP contribution >= 0.6 is 0 Å². The first kappa shape index (κ1) is 16.4. The van der Waals surface area contributed by atoms with Gasteiger partial charge in [0.15, 0.2) is 11.5 Å². The molecule has 0 fully saturated rings. The summed E-state index contributed by atoms with van der Waals surface area (Å²) >= 11 is 0. The van der Waals surface area contributed by atoms with E-state index in [4.69, 9.17) is 19.9 Å².